The van der Waals surface area contributed by atoms with Crippen LogP contribution >= 0.6 is 0 Å². The number of hydrogen-bond acceptors (Lipinski definition) is 2. The molecule has 0 heterocycles. The Kier molecular flexibility index (Phi) is 4.18. The minimum absolute atomic E-state index is 0.0583. The van der Waals surface area contributed by atoms with Gasteiger partial charge in [-0.3, -0.25) is 0 Å². The summed E-state index contributed by atoms with van der Waals surface area (Å²) in [6.07, 6.45) is 11.8. The molecule has 0 aromatic heterocycles. The second-order valence-electron chi connectivity index (χ2n) is 10.1. The van der Waals surface area contributed by atoms with Crippen molar-refractivity contribution in [2.45, 2.75) is 71.3 Å². The minimum Gasteiger partial charge on any atom is -0.396 e. The molecule has 3 fully saturated rings. The second-order valence-corrected chi connectivity index (χ2v) is 10.1. The number of nitrogens with zero attached hydrogens (tertiary/aromatic N) is 1. The van der Waals surface area contributed by atoms with Crippen LogP contribution in [0.25, 0.3) is 4.85 Å². The first kappa shape index (κ1) is 18.3. The molecule has 3 saturated carbocycles. The van der Waals surface area contributed by atoms with Crippen LogP contribution in [0.2, 0.25) is 0 Å². The van der Waals surface area contributed by atoms with E-state index in [1.165, 1.54) is 36.8 Å². The monoisotopic (exact) mass is 355 g/mol. The van der Waals surface area contributed by atoms with Crippen molar-refractivity contribution in [3.05, 3.63) is 34.8 Å². The molecule has 0 saturated heterocycles. The fourth-order valence-corrected chi connectivity index (χ4v) is 7.42. The maximum atomic E-state index is 10.8. The van der Waals surface area contributed by atoms with E-state index in [0.29, 0.717) is 11.8 Å². The van der Waals surface area contributed by atoms with E-state index in [1.54, 1.807) is 0 Å². The molecule has 0 aromatic rings. The molecular formula is C23H33NO2. The second kappa shape index (κ2) is 5.94. The van der Waals surface area contributed by atoms with Crippen LogP contribution in [0.1, 0.15) is 65.7 Å². The molecule has 0 aromatic carbocycles. The van der Waals surface area contributed by atoms with Gasteiger partial charge in [-0.05, 0) is 80.5 Å². The molecule has 0 radical (unpaired) electrons. The lowest BCUT2D eigenvalue weighted by atomic mass is 9.46. The molecule has 4 aliphatic carbocycles. The third-order valence-electron chi connectivity index (χ3n) is 8.99. The number of rotatable bonds is 1. The molecule has 4 aliphatic rings. The van der Waals surface area contributed by atoms with Crippen LogP contribution in [0.15, 0.2) is 23.4 Å². The van der Waals surface area contributed by atoms with Crippen molar-refractivity contribution in [3.8, 4) is 0 Å². The van der Waals surface area contributed by atoms with Gasteiger partial charge in [0.15, 0.2) is 6.20 Å². The summed E-state index contributed by atoms with van der Waals surface area (Å²) in [5.41, 5.74) is 2.29. The zero-order chi connectivity index (χ0) is 18.7. The molecule has 3 nitrogen and oxygen atoms in total. The Morgan fingerprint density at radius 3 is 2.58 bits per heavy atom. The van der Waals surface area contributed by atoms with Crippen LogP contribution in [0, 0.1) is 41.1 Å². The van der Waals surface area contributed by atoms with Gasteiger partial charge in [0.1, 0.15) is 0 Å². The summed E-state index contributed by atoms with van der Waals surface area (Å²) in [5.74, 6) is 2.00. The van der Waals surface area contributed by atoms with E-state index in [0.717, 1.165) is 25.2 Å². The van der Waals surface area contributed by atoms with Crippen molar-refractivity contribution in [3.63, 3.8) is 0 Å². The summed E-state index contributed by atoms with van der Waals surface area (Å²) >= 11 is 0. The van der Waals surface area contributed by atoms with Gasteiger partial charge in [0.2, 0.25) is 0 Å². The van der Waals surface area contributed by atoms with E-state index in [2.05, 4.69) is 24.8 Å². The van der Waals surface area contributed by atoms with E-state index < -0.39 is 5.60 Å². The molecule has 2 N–H and O–H groups in total. The maximum Gasteiger partial charge on any atom is 0.154 e. The van der Waals surface area contributed by atoms with Crippen molar-refractivity contribution in [1.82, 2.24) is 0 Å². The van der Waals surface area contributed by atoms with E-state index >= 15 is 0 Å². The number of aliphatic hydroxyl groups excluding tert-OH is 1. The molecule has 0 bridgehead atoms. The summed E-state index contributed by atoms with van der Waals surface area (Å²) in [7, 11) is 0. The van der Waals surface area contributed by atoms with E-state index in [1.807, 2.05) is 13.1 Å². The molecule has 142 valence electrons. The lowest BCUT2D eigenvalue weighted by molar-refractivity contribution is -0.0725. The van der Waals surface area contributed by atoms with Gasteiger partial charge in [-0.15, -0.1) is 0 Å². The summed E-state index contributed by atoms with van der Waals surface area (Å²) in [6, 6.07) is 0. The van der Waals surface area contributed by atoms with Gasteiger partial charge in [0.25, 0.3) is 0 Å². The highest BCUT2D eigenvalue weighted by Crippen LogP contribution is 2.67. The predicted molar refractivity (Wildman–Crippen MR) is 103 cm³/mol. The summed E-state index contributed by atoms with van der Waals surface area (Å²) in [4.78, 5) is 3.60. The maximum absolute atomic E-state index is 10.8. The van der Waals surface area contributed by atoms with Gasteiger partial charge >= 0.3 is 0 Å². The molecular weight excluding hydrogens is 322 g/mol. The molecule has 0 amide bonds. The smallest absolute Gasteiger partial charge is 0.154 e. The number of fused-ring (bicyclic) bond motifs is 5. The highest BCUT2D eigenvalue weighted by molar-refractivity contribution is 5.31. The van der Waals surface area contributed by atoms with Gasteiger partial charge < -0.3 is 10.2 Å². The number of allylic oxidation sites excluding steroid dienone is 2. The van der Waals surface area contributed by atoms with Crippen LogP contribution < -0.4 is 0 Å². The molecule has 0 unspecified atom stereocenters. The van der Waals surface area contributed by atoms with Gasteiger partial charge in [0, 0.05) is 12.5 Å². The quantitative estimate of drug-likeness (QED) is 0.528. The standard InChI is InChI=1S/C23H33NO2/c1-21-10-9-20-18(19(21)8-6-16(21)13-24-4)7-5-15-12-23(3,26)17(14-25)11-22(15,20)2/h12-13,17-20,25-26H,5-11,14H2,1-3H3/b16-13-/t17-,18+,19+,20+,21-,22+,23+/m1/s1. The summed E-state index contributed by atoms with van der Waals surface area (Å²) in [6.45, 7) is 14.0. The molecule has 3 heteroatoms. The number of hydrogen-bond donors (Lipinski definition) is 2. The van der Waals surface area contributed by atoms with Gasteiger partial charge in [-0.2, -0.15) is 0 Å². The Morgan fingerprint density at radius 1 is 1.15 bits per heavy atom. The zero-order valence-corrected chi connectivity index (χ0v) is 16.5. The lowest BCUT2D eigenvalue weighted by Gasteiger charge is -2.59. The Balaban J connectivity index is 1.69. The predicted octanol–water partition coefficient (Wildman–Crippen LogP) is 4.72. The van der Waals surface area contributed by atoms with E-state index in [4.69, 9.17) is 6.57 Å². The van der Waals surface area contributed by atoms with Crippen molar-refractivity contribution < 1.29 is 10.2 Å². The topological polar surface area (TPSA) is 44.8 Å². The fourth-order valence-electron chi connectivity index (χ4n) is 7.42. The van der Waals surface area contributed by atoms with Crippen LogP contribution in [0.4, 0.5) is 0 Å². The van der Waals surface area contributed by atoms with E-state index in [9.17, 15) is 10.2 Å². The summed E-state index contributed by atoms with van der Waals surface area (Å²) in [5, 5.41) is 20.7. The van der Waals surface area contributed by atoms with Gasteiger partial charge in [0.05, 0.1) is 12.2 Å². The SMILES string of the molecule is [C-]#[N+]/C=C1/CC[C@H]2[C@@H]3CCC4=C[C@](C)(O)[C@@H](CO)C[C@]4(C)[C@H]3CC[C@]12C. The average molecular weight is 356 g/mol. The Morgan fingerprint density at radius 2 is 1.88 bits per heavy atom. The van der Waals surface area contributed by atoms with Crippen LogP contribution in [0.5, 0.6) is 0 Å². The third kappa shape index (κ3) is 2.38. The molecule has 26 heavy (non-hydrogen) atoms. The molecule has 7 atom stereocenters. The Bertz CT molecular complexity index is 699. The normalized spacial score (nSPS) is 51.8. The van der Waals surface area contributed by atoms with Crippen molar-refractivity contribution in [1.29, 1.82) is 0 Å². The molecule has 4 rings (SSSR count). The van der Waals surface area contributed by atoms with Crippen molar-refractivity contribution in [2.24, 2.45) is 34.5 Å². The first-order chi connectivity index (χ1) is 12.3. The average Bonchev–Trinajstić information content (AvgIpc) is 2.92. The van der Waals surface area contributed by atoms with Crippen LogP contribution in [-0.4, -0.2) is 22.4 Å². The zero-order valence-electron chi connectivity index (χ0n) is 16.5. The van der Waals surface area contributed by atoms with Crippen LogP contribution in [-0.2, 0) is 0 Å². The molecule has 0 spiro atoms. The summed E-state index contributed by atoms with van der Waals surface area (Å²) < 4.78 is 0. The first-order valence-electron chi connectivity index (χ1n) is 10.4. The highest BCUT2D eigenvalue weighted by atomic mass is 16.3. The molecule has 0 aliphatic heterocycles. The van der Waals surface area contributed by atoms with Crippen molar-refractivity contribution >= 4 is 0 Å². The Hall–Kier alpha value is -1.11. The van der Waals surface area contributed by atoms with Crippen LogP contribution in [0.3, 0.4) is 0 Å². The lowest BCUT2D eigenvalue weighted by Crippen LogP contribution is -2.53. The fraction of sp³-hybridized carbons (Fsp3) is 0.783. The van der Waals surface area contributed by atoms with Crippen molar-refractivity contribution in [2.75, 3.05) is 6.61 Å². The third-order valence-corrected chi connectivity index (χ3v) is 8.99. The van der Waals surface area contributed by atoms with E-state index in [-0.39, 0.29) is 23.4 Å². The Labute approximate surface area is 158 Å². The minimum atomic E-state index is -0.876. The number of aliphatic hydroxyl groups is 2. The largest absolute Gasteiger partial charge is 0.396 e. The van der Waals surface area contributed by atoms with Gasteiger partial charge in [-0.1, -0.05) is 31.1 Å². The highest BCUT2D eigenvalue weighted by Gasteiger charge is 2.58. The first-order valence-corrected chi connectivity index (χ1v) is 10.4. The van der Waals surface area contributed by atoms with Gasteiger partial charge in [-0.25, -0.2) is 4.85 Å².